The first kappa shape index (κ1) is 13.1. The van der Waals surface area contributed by atoms with E-state index in [0.717, 1.165) is 30.1 Å². The quantitative estimate of drug-likeness (QED) is 0.794. The molecule has 0 bridgehead atoms. The fourth-order valence-corrected chi connectivity index (χ4v) is 2.34. The van der Waals surface area contributed by atoms with Crippen molar-refractivity contribution >= 4 is 17.3 Å². The summed E-state index contributed by atoms with van der Waals surface area (Å²) in [5, 5.41) is 11.9. The fourth-order valence-electron chi connectivity index (χ4n) is 1.45. The van der Waals surface area contributed by atoms with Crippen LogP contribution in [0.1, 0.15) is 31.0 Å². The highest BCUT2D eigenvalue weighted by molar-refractivity contribution is 7.09. The molecule has 0 fully saturated rings. The third-order valence-electron chi connectivity index (χ3n) is 2.25. The predicted molar refractivity (Wildman–Crippen MR) is 64.7 cm³/mol. The lowest BCUT2D eigenvalue weighted by Crippen LogP contribution is -2.29. The van der Waals surface area contributed by atoms with Crippen LogP contribution < -0.4 is 0 Å². The Bertz CT molecular complexity index is 338. The Morgan fingerprint density at radius 1 is 1.56 bits per heavy atom. The summed E-state index contributed by atoms with van der Waals surface area (Å²) in [6, 6.07) is 0. The minimum atomic E-state index is -0.786. The maximum atomic E-state index is 10.6. The van der Waals surface area contributed by atoms with E-state index in [2.05, 4.69) is 11.9 Å². The third-order valence-corrected chi connectivity index (χ3v) is 3.21. The zero-order valence-corrected chi connectivity index (χ0v) is 10.6. The summed E-state index contributed by atoms with van der Waals surface area (Å²) in [7, 11) is 0. The average molecular weight is 242 g/mol. The molecule has 16 heavy (non-hydrogen) atoms. The largest absolute Gasteiger partial charge is 0.480 e. The molecular formula is C11H18N2O2S. The average Bonchev–Trinajstić information content (AvgIpc) is 2.64. The molecule has 4 nitrogen and oxygen atoms in total. The van der Waals surface area contributed by atoms with Gasteiger partial charge >= 0.3 is 5.97 Å². The molecule has 0 atom stereocenters. The molecule has 0 spiro atoms. The first-order valence-corrected chi connectivity index (χ1v) is 6.41. The second-order valence-electron chi connectivity index (χ2n) is 3.68. The number of aromatic nitrogens is 1. The summed E-state index contributed by atoms with van der Waals surface area (Å²) >= 11 is 1.66. The number of rotatable bonds is 7. The molecule has 1 aromatic rings. The molecule has 0 aliphatic heterocycles. The molecule has 90 valence electrons. The fraction of sp³-hybridized carbons (Fsp3) is 0.636. The van der Waals surface area contributed by atoms with Gasteiger partial charge in [0.05, 0.1) is 17.2 Å². The van der Waals surface area contributed by atoms with Crippen LogP contribution in [0.2, 0.25) is 0 Å². The summed E-state index contributed by atoms with van der Waals surface area (Å²) < 4.78 is 0. The van der Waals surface area contributed by atoms with E-state index in [9.17, 15) is 4.79 Å². The highest BCUT2D eigenvalue weighted by Gasteiger charge is 2.10. The second-order valence-corrected chi connectivity index (χ2v) is 4.62. The maximum Gasteiger partial charge on any atom is 0.317 e. The van der Waals surface area contributed by atoms with Gasteiger partial charge in [0.15, 0.2) is 0 Å². The van der Waals surface area contributed by atoms with Crippen LogP contribution >= 0.6 is 11.3 Å². The molecule has 1 N–H and O–H groups in total. The van der Waals surface area contributed by atoms with E-state index in [-0.39, 0.29) is 6.54 Å². The summed E-state index contributed by atoms with van der Waals surface area (Å²) in [6.45, 7) is 5.53. The maximum absolute atomic E-state index is 10.6. The molecule has 1 heterocycles. The number of nitrogens with zero attached hydrogens (tertiary/aromatic N) is 2. The van der Waals surface area contributed by atoms with Crippen LogP contribution in [-0.4, -0.2) is 34.0 Å². The molecule has 5 heteroatoms. The van der Waals surface area contributed by atoms with E-state index < -0.39 is 5.97 Å². The Hall–Kier alpha value is -0.940. The molecule has 0 aliphatic rings. The minimum Gasteiger partial charge on any atom is -0.480 e. The SMILES string of the molecule is CCCc1nc(CN(CC)CC(=O)O)cs1. The summed E-state index contributed by atoms with van der Waals surface area (Å²) in [4.78, 5) is 17.0. The van der Waals surface area contributed by atoms with Crippen molar-refractivity contribution in [3.05, 3.63) is 16.1 Å². The molecule has 1 rings (SSSR count). The Balaban J connectivity index is 2.52. The number of thiazole rings is 1. The van der Waals surface area contributed by atoms with Gasteiger partial charge in [0.2, 0.25) is 0 Å². The van der Waals surface area contributed by atoms with Gasteiger partial charge in [-0.1, -0.05) is 13.8 Å². The van der Waals surface area contributed by atoms with Crippen LogP contribution in [-0.2, 0) is 17.8 Å². The van der Waals surface area contributed by atoms with E-state index in [0.29, 0.717) is 6.54 Å². The number of hydrogen-bond acceptors (Lipinski definition) is 4. The zero-order valence-electron chi connectivity index (χ0n) is 9.77. The molecule has 0 radical (unpaired) electrons. The lowest BCUT2D eigenvalue weighted by atomic mass is 10.3. The highest BCUT2D eigenvalue weighted by atomic mass is 32.1. The van der Waals surface area contributed by atoms with Gasteiger partial charge < -0.3 is 5.11 Å². The Morgan fingerprint density at radius 3 is 2.88 bits per heavy atom. The van der Waals surface area contributed by atoms with Crippen LogP contribution in [0, 0.1) is 0 Å². The van der Waals surface area contributed by atoms with Crippen molar-refractivity contribution in [2.75, 3.05) is 13.1 Å². The van der Waals surface area contributed by atoms with Gasteiger partial charge in [0, 0.05) is 11.9 Å². The van der Waals surface area contributed by atoms with Crippen LogP contribution in [0.25, 0.3) is 0 Å². The van der Waals surface area contributed by atoms with Gasteiger partial charge in [0.1, 0.15) is 0 Å². The monoisotopic (exact) mass is 242 g/mol. The number of likely N-dealkylation sites (N-methyl/N-ethyl adjacent to an activating group) is 1. The van der Waals surface area contributed by atoms with Crippen molar-refractivity contribution in [1.29, 1.82) is 0 Å². The first-order chi connectivity index (χ1) is 7.65. The van der Waals surface area contributed by atoms with Crippen molar-refractivity contribution in [3.8, 4) is 0 Å². The van der Waals surface area contributed by atoms with Crippen molar-refractivity contribution in [1.82, 2.24) is 9.88 Å². The second kappa shape index (κ2) is 6.60. The Labute approximate surface area is 99.9 Å². The van der Waals surface area contributed by atoms with Gasteiger partial charge in [-0.15, -0.1) is 11.3 Å². The minimum absolute atomic E-state index is 0.0805. The standard InChI is InChI=1S/C11H18N2O2S/c1-3-5-10-12-9(8-16-10)6-13(4-2)7-11(14)15/h8H,3-7H2,1-2H3,(H,14,15). The summed E-state index contributed by atoms with van der Waals surface area (Å²) in [5.41, 5.74) is 0.983. The van der Waals surface area contributed by atoms with Crippen LogP contribution in [0.15, 0.2) is 5.38 Å². The number of carbonyl (C=O) groups is 1. The summed E-state index contributed by atoms with van der Waals surface area (Å²) in [6.07, 6.45) is 2.11. The van der Waals surface area contributed by atoms with Crippen LogP contribution in [0.4, 0.5) is 0 Å². The topological polar surface area (TPSA) is 53.4 Å². The first-order valence-electron chi connectivity index (χ1n) is 5.53. The van der Waals surface area contributed by atoms with Gasteiger partial charge in [0.25, 0.3) is 0 Å². The van der Waals surface area contributed by atoms with Gasteiger partial charge in [-0.05, 0) is 19.4 Å². The predicted octanol–water partition coefficient (Wildman–Crippen LogP) is 2.00. The number of aliphatic carboxylic acids is 1. The Morgan fingerprint density at radius 2 is 2.31 bits per heavy atom. The molecule has 0 aromatic carbocycles. The van der Waals surface area contributed by atoms with Crippen LogP contribution in [0.3, 0.4) is 0 Å². The molecular weight excluding hydrogens is 224 g/mol. The van der Waals surface area contributed by atoms with Gasteiger partial charge in [-0.3, -0.25) is 9.69 Å². The smallest absolute Gasteiger partial charge is 0.317 e. The van der Waals surface area contributed by atoms with Crippen molar-refractivity contribution in [2.45, 2.75) is 33.2 Å². The van der Waals surface area contributed by atoms with Crippen molar-refractivity contribution < 1.29 is 9.90 Å². The van der Waals surface area contributed by atoms with E-state index in [1.54, 1.807) is 11.3 Å². The number of hydrogen-bond donors (Lipinski definition) is 1. The molecule has 1 aromatic heterocycles. The molecule has 0 amide bonds. The highest BCUT2D eigenvalue weighted by Crippen LogP contribution is 2.13. The number of aryl methyl sites for hydroxylation is 1. The molecule has 0 unspecified atom stereocenters. The van der Waals surface area contributed by atoms with Crippen molar-refractivity contribution in [3.63, 3.8) is 0 Å². The van der Waals surface area contributed by atoms with Gasteiger partial charge in [-0.2, -0.15) is 0 Å². The third kappa shape index (κ3) is 4.28. The zero-order chi connectivity index (χ0) is 12.0. The Kier molecular flexibility index (Phi) is 5.42. The lowest BCUT2D eigenvalue weighted by molar-refractivity contribution is -0.138. The van der Waals surface area contributed by atoms with E-state index in [1.165, 1.54) is 0 Å². The van der Waals surface area contributed by atoms with E-state index in [4.69, 9.17) is 5.11 Å². The summed E-state index contributed by atoms with van der Waals surface area (Å²) in [5.74, 6) is -0.786. The molecule has 0 saturated carbocycles. The van der Waals surface area contributed by atoms with Gasteiger partial charge in [-0.25, -0.2) is 4.98 Å². The number of carboxylic acid groups (broad SMARTS) is 1. The lowest BCUT2D eigenvalue weighted by Gasteiger charge is -2.15. The van der Waals surface area contributed by atoms with Crippen LogP contribution in [0.5, 0.6) is 0 Å². The van der Waals surface area contributed by atoms with E-state index >= 15 is 0 Å². The van der Waals surface area contributed by atoms with E-state index in [1.807, 2.05) is 17.2 Å². The van der Waals surface area contributed by atoms with Crippen molar-refractivity contribution in [2.24, 2.45) is 0 Å². The number of carboxylic acids is 1. The molecule has 0 aliphatic carbocycles. The molecule has 0 saturated heterocycles. The normalized spacial score (nSPS) is 10.9.